The SMILES string of the molecule is COCCNc1nc(N)n(-c2ccccc2Cl)n1. The third kappa shape index (κ3) is 2.72. The van der Waals surface area contributed by atoms with Crippen LogP contribution in [-0.2, 0) is 4.74 Å². The molecule has 6 nitrogen and oxygen atoms in total. The van der Waals surface area contributed by atoms with Crippen molar-refractivity contribution < 1.29 is 4.74 Å². The number of benzene rings is 1. The van der Waals surface area contributed by atoms with E-state index in [1.807, 2.05) is 18.2 Å². The van der Waals surface area contributed by atoms with Crippen LogP contribution in [-0.4, -0.2) is 35.0 Å². The fourth-order valence-electron chi connectivity index (χ4n) is 1.46. The minimum absolute atomic E-state index is 0.281. The Morgan fingerprint density at radius 2 is 2.22 bits per heavy atom. The van der Waals surface area contributed by atoms with Gasteiger partial charge < -0.3 is 15.8 Å². The van der Waals surface area contributed by atoms with Gasteiger partial charge in [-0.3, -0.25) is 0 Å². The number of hydrogen-bond acceptors (Lipinski definition) is 5. The summed E-state index contributed by atoms with van der Waals surface area (Å²) in [6, 6.07) is 7.30. The number of ether oxygens (including phenoxy) is 1. The van der Waals surface area contributed by atoms with Crippen molar-refractivity contribution in [2.75, 3.05) is 31.3 Å². The number of para-hydroxylation sites is 1. The maximum Gasteiger partial charge on any atom is 0.244 e. The first-order valence-corrected chi connectivity index (χ1v) is 5.80. The van der Waals surface area contributed by atoms with E-state index in [-0.39, 0.29) is 5.95 Å². The Kier molecular flexibility index (Phi) is 4.01. The van der Waals surface area contributed by atoms with E-state index in [2.05, 4.69) is 15.4 Å². The molecule has 0 amide bonds. The van der Waals surface area contributed by atoms with Gasteiger partial charge in [-0.05, 0) is 12.1 Å². The number of methoxy groups -OCH3 is 1. The lowest BCUT2D eigenvalue weighted by Gasteiger charge is -2.04. The van der Waals surface area contributed by atoms with Gasteiger partial charge in [-0.1, -0.05) is 23.7 Å². The largest absolute Gasteiger partial charge is 0.383 e. The Bertz CT molecular complexity index is 528. The van der Waals surface area contributed by atoms with Gasteiger partial charge in [0, 0.05) is 13.7 Å². The van der Waals surface area contributed by atoms with E-state index in [9.17, 15) is 0 Å². The molecule has 0 fully saturated rings. The monoisotopic (exact) mass is 267 g/mol. The minimum atomic E-state index is 0.281. The summed E-state index contributed by atoms with van der Waals surface area (Å²) in [5.74, 6) is 0.729. The third-order valence-corrected chi connectivity index (χ3v) is 2.62. The lowest BCUT2D eigenvalue weighted by Crippen LogP contribution is -2.09. The molecule has 0 unspecified atom stereocenters. The van der Waals surface area contributed by atoms with E-state index in [1.165, 1.54) is 4.68 Å². The maximum absolute atomic E-state index is 6.08. The van der Waals surface area contributed by atoms with Crippen molar-refractivity contribution in [2.45, 2.75) is 0 Å². The molecule has 0 atom stereocenters. The molecule has 1 aromatic carbocycles. The molecule has 1 aromatic heterocycles. The second-order valence-corrected chi connectivity index (χ2v) is 3.98. The van der Waals surface area contributed by atoms with Crippen molar-refractivity contribution in [1.29, 1.82) is 0 Å². The van der Waals surface area contributed by atoms with Crippen LogP contribution in [0.3, 0.4) is 0 Å². The number of nitrogens with zero attached hydrogens (tertiary/aromatic N) is 3. The number of anilines is 2. The quantitative estimate of drug-likeness (QED) is 0.804. The number of aromatic nitrogens is 3. The summed E-state index contributed by atoms with van der Waals surface area (Å²) in [7, 11) is 1.63. The van der Waals surface area contributed by atoms with E-state index in [0.717, 1.165) is 0 Å². The third-order valence-electron chi connectivity index (χ3n) is 2.30. The fraction of sp³-hybridized carbons (Fsp3) is 0.273. The summed E-state index contributed by atoms with van der Waals surface area (Å²) in [6.45, 7) is 1.18. The van der Waals surface area contributed by atoms with Crippen LogP contribution in [0.2, 0.25) is 5.02 Å². The fourth-order valence-corrected chi connectivity index (χ4v) is 1.68. The molecule has 0 aliphatic rings. The van der Waals surface area contributed by atoms with Crippen molar-refractivity contribution in [3.05, 3.63) is 29.3 Å². The molecular formula is C11H14ClN5O. The number of nitrogens with two attached hydrogens (primary N) is 1. The minimum Gasteiger partial charge on any atom is -0.383 e. The molecule has 0 aliphatic carbocycles. The first kappa shape index (κ1) is 12.7. The highest BCUT2D eigenvalue weighted by Gasteiger charge is 2.10. The number of halogens is 1. The summed E-state index contributed by atoms with van der Waals surface area (Å²) in [5.41, 5.74) is 6.50. The first-order chi connectivity index (χ1) is 8.72. The molecular weight excluding hydrogens is 254 g/mol. The molecule has 0 radical (unpaired) electrons. The molecule has 0 spiro atoms. The Morgan fingerprint density at radius 3 is 2.94 bits per heavy atom. The van der Waals surface area contributed by atoms with Crippen LogP contribution in [0.1, 0.15) is 0 Å². The summed E-state index contributed by atoms with van der Waals surface area (Å²) in [5, 5.41) is 7.81. The van der Waals surface area contributed by atoms with Gasteiger partial charge in [-0.15, -0.1) is 5.10 Å². The van der Waals surface area contributed by atoms with Gasteiger partial charge in [0.2, 0.25) is 11.9 Å². The number of rotatable bonds is 5. The molecule has 96 valence electrons. The first-order valence-electron chi connectivity index (χ1n) is 5.42. The van der Waals surface area contributed by atoms with Crippen LogP contribution >= 0.6 is 11.6 Å². The highest BCUT2D eigenvalue weighted by Crippen LogP contribution is 2.21. The van der Waals surface area contributed by atoms with Gasteiger partial charge in [0.25, 0.3) is 0 Å². The topological polar surface area (TPSA) is 78.0 Å². The van der Waals surface area contributed by atoms with Crippen LogP contribution in [0.15, 0.2) is 24.3 Å². The maximum atomic E-state index is 6.08. The predicted molar refractivity (Wildman–Crippen MR) is 71.1 cm³/mol. The molecule has 2 rings (SSSR count). The van der Waals surface area contributed by atoms with E-state index >= 15 is 0 Å². The van der Waals surface area contributed by atoms with E-state index in [1.54, 1.807) is 13.2 Å². The zero-order valence-corrected chi connectivity index (χ0v) is 10.7. The summed E-state index contributed by atoms with van der Waals surface area (Å²) in [6.07, 6.45) is 0. The summed E-state index contributed by atoms with van der Waals surface area (Å²) < 4.78 is 6.42. The smallest absolute Gasteiger partial charge is 0.244 e. The Balaban J connectivity index is 2.22. The van der Waals surface area contributed by atoms with E-state index in [0.29, 0.717) is 29.8 Å². The molecule has 0 saturated carbocycles. The van der Waals surface area contributed by atoms with Gasteiger partial charge in [-0.25, -0.2) is 0 Å². The summed E-state index contributed by atoms with van der Waals surface area (Å²) >= 11 is 6.08. The molecule has 18 heavy (non-hydrogen) atoms. The zero-order chi connectivity index (χ0) is 13.0. The number of nitrogens with one attached hydrogen (secondary N) is 1. The molecule has 0 bridgehead atoms. The zero-order valence-electron chi connectivity index (χ0n) is 9.93. The van der Waals surface area contributed by atoms with Crippen LogP contribution < -0.4 is 11.1 Å². The molecule has 2 aromatic rings. The molecule has 0 saturated heterocycles. The van der Waals surface area contributed by atoms with Crippen LogP contribution in [0, 0.1) is 0 Å². The lowest BCUT2D eigenvalue weighted by atomic mass is 10.3. The molecule has 7 heteroatoms. The molecule has 1 heterocycles. The second-order valence-electron chi connectivity index (χ2n) is 3.58. The Morgan fingerprint density at radius 1 is 1.44 bits per heavy atom. The van der Waals surface area contributed by atoms with E-state index < -0.39 is 0 Å². The summed E-state index contributed by atoms with van der Waals surface area (Å²) in [4.78, 5) is 4.10. The van der Waals surface area contributed by atoms with Gasteiger partial charge in [-0.2, -0.15) is 9.67 Å². The van der Waals surface area contributed by atoms with Crippen molar-refractivity contribution in [3.8, 4) is 5.69 Å². The highest BCUT2D eigenvalue weighted by molar-refractivity contribution is 6.32. The normalized spacial score (nSPS) is 10.6. The van der Waals surface area contributed by atoms with Crippen LogP contribution in [0.4, 0.5) is 11.9 Å². The van der Waals surface area contributed by atoms with Gasteiger partial charge in [0.1, 0.15) is 0 Å². The van der Waals surface area contributed by atoms with Crippen molar-refractivity contribution in [3.63, 3.8) is 0 Å². The molecule has 0 aliphatic heterocycles. The Hall–Kier alpha value is -1.79. The lowest BCUT2D eigenvalue weighted by molar-refractivity contribution is 0.210. The standard InChI is InChI=1S/C11H14ClN5O/c1-18-7-6-14-11-15-10(13)17(16-11)9-5-3-2-4-8(9)12/h2-5H,6-7H2,1H3,(H3,13,14,15,16). The predicted octanol–water partition coefficient (Wildman–Crippen LogP) is 1.56. The van der Waals surface area contributed by atoms with Crippen molar-refractivity contribution >= 4 is 23.5 Å². The Labute approximate surface area is 110 Å². The van der Waals surface area contributed by atoms with Gasteiger partial charge in [0.15, 0.2) is 0 Å². The van der Waals surface area contributed by atoms with E-state index in [4.69, 9.17) is 22.1 Å². The van der Waals surface area contributed by atoms with Crippen LogP contribution in [0.5, 0.6) is 0 Å². The van der Waals surface area contributed by atoms with Crippen LogP contribution in [0.25, 0.3) is 5.69 Å². The average Bonchev–Trinajstić information content (AvgIpc) is 2.71. The number of hydrogen-bond donors (Lipinski definition) is 2. The average molecular weight is 268 g/mol. The van der Waals surface area contributed by atoms with Crippen molar-refractivity contribution in [1.82, 2.24) is 14.8 Å². The second kappa shape index (κ2) is 5.70. The highest BCUT2D eigenvalue weighted by atomic mass is 35.5. The molecule has 3 N–H and O–H groups in total. The van der Waals surface area contributed by atoms with Gasteiger partial charge >= 0.3 is 0 Å². The van der Waals surface area contributed by atoms with Gasteiger partial charge in [0.05, 0.1) is 17.3 Å². The van der Waals surface area contributed by atoms with Crippen molar-refractivity contribution in [2.24, 2.45) is 0 Å². The number of nitrogen functional groups attached to an aromatic ring is 1.